The minimum atomic E-state index is -6.33. The Morgan fingerprint density at radius 2 is 1.14 bits per heavy atom. The highest BCUT2D eigenvalue weighted by Crippen LogP contribution is 2.29. The zero-order valence-electron chi connectivity index (χ0n) is 27.5. The van der Waals surface area contributed by atoms with E-state index in [9.17, 15) is 86.5 Å². The molecule has 39 heteroatoms. The molecule has 1 amide bonds. The van der Waals surface area contributed by atoms with Crippen LogP contribution in [-0.2, 0) is 123 Å². The first kappa shape index (κ1) is 51.8. The zero-order valence-corrected chi connectivity index (χ0v) is 33.2. The predicted octanol–water partition coefficient (Wildman–Crippen LogP) is -4.80. The van der Waals surface area contributed by atoms with Crippen molar-refractivity contribution in [2.45, 2.75) is 55.6 Å². The fraction of sp³-hybridized carbons (Fsp3) is 0.579. The number of rotatable bonds is 24. The molecule has 1 saturated heterocycles. The van der Waals surface area contributed by atoms with Gasteiger partial charge in [0.05, 0.1) is 19.6 Å². The summed E-state index contributed by atoms with van der Waals surface area (Å²) in [6, 6.07) is 7.59. The molecule has 1 aliphatic heterocycles. The van der Waals surface area contributed by atoms with Crippen LogP contribution in [0.4, 0.5) is 0 Å². The third-order valence-corrected chi connectivity index (χ3v) is 9.35. The van der Waals surface area contributed by atoms with E-state index in [1.54, 1.807) is 6.07 Å². The highest BCUT2D eigenvalue weighted by Gasteiger charge is 2.51. The van der Waals surface area contributed by atoms with Gasteiger partial charge in [0.25, 0.3) is 5.91 Å². The number of benzene rings is 1. The van der Waals surface area contributed by atoms with Gasteiger partial charge in [0.2, 0.25) is 0 Å². The molecule has 2 rings (SSSR count). The van der Waals surface area contributed by atoms with E-state index in [-0.39, 0.29) is 0 Å². The molecule has 337 valence electrons. The highest BCUT2D eigenvalue weighted by molar-refractivity contribution is 7.82. The van der Waals surface area contributed by atoms with Crippen molar-refractivity contribution in [3.63, 3.8) is 0 Å². The van der Waals surface area contributed by atoms with Crippen molar-refractivity contribution in [2.24, 2.45) is 0 Å². The Kier molecular flexibility index (Phi) is 17.9. The van der Waals surface area contributed by atoms with Crippen molar-refractivity contribution in [2.75, 3.05) is 13.2 Å². The number of hydrogen-bond acceptors (Lipinski definition) is 24. The molecule has 1 fully saturated rings. The van der Waals surface area contributed by atoms with Crippen molar-refractivity contribution < 1.29 is 134 Å². The molecule has 8 N–H and O–H groups in total. The SMILES string of the molecule is O=C(NC[C@H]1O[C@H](OCc2ccccc2)[CH][C@@H](OS(=O)(=O)O)[C@@H]1OS(=O)(=O)O)[C@@H](OS(=O)(=O)O)[C@@H](OS(=O)(=O)O)[C@H](OS(=O)(=O)O)[C@H](COS(=O)(=O)O)OS(=O)(=O)O. The molecule has 0 aromatic heterocycles. The van der Waals surface area contributed by atoms with Gasteiger partial charge in [-0.05, 0) is 5.56 Å². The van der Waals surface area contributed by atoms with Crippen molar-refractivity contribution in [1.82, 2.24) is 5.32 Å². The Hall–Kier alpha value is -2.30. The Balaban J connectivity index is 2.74. The molecule has 0 spiro atoms. The van der Waals surface area contributed by atoms with E-state index in [0.29, 0.717) is 12.0 Å². The van der Waals surface area contributed by atoms with Crippen LogP contribution in [0.2, 0.25) is 0 Å². The van der Waals surface area contributed by atoms with E-state index in [1.165, 1.54) is 29.6 Å². The summed E-state index contributed by atoms with van der Waals surface area (Å²) < 4.78 is 267. The normalized spacial score (nSPS) is 22.4. The monoisotopic (exact) mass is 990 g/mol. The van der Waals surface area contributed by atoms with E-state index < -0.39 is 147 Å². The molecule has 0 unspecified atom stereocenters. The lowest BCUT2D eigenvalue weighted by molar-refractivity contribution is -0.216. The largest absolute Gasteiger partial charge is 0.398 e. The van der Waals surface area contributed by atoms with Gasteiger partial charge in [-0.1, -0.05) is 30.3 Å². The number of carbonyl (C=O) groups excluding carboxylic acids is 1. The third-order valence-electron chi connectivity index (χ3n) is 6.11. The summed E-state index contributed by atoms with van der Waals surface area (Å²) >= 11 is 0. The Morgan fingerprint density at radius 3 is 1.60 bits per heavy atom. The fourth-order valence-corrected chi connectivity index (χ4v) is 7.54. The van der Waals surface area contributed by atoms with Crippen LogP contribution in [0.1, 0.15) is 5.56 Å². The molecule has 1 aromatic rings. The Morgan fingerprint density at radius 1 is 0.638 bits per heavy atom. The minimum absolute atomic E-state index is 0.392. The summed E-state index contributed by atoms with van der Waals surface area (Å²) in [4.78, 5) is 13.5. The number of ether oxygens (including phenoxy) is 2. The van der Waals surface area contributed by atoms with Gasteiger partial charge in [0.1, 0.15) is 36.6 Å². The average Bonchev–Trinajstić information content (AvgIpc) is 2.99. The quantitative estimate of drug-likeness (QED) is 0.0451. The van der Waals surface area contributed by atoms with Gasteiger partial charge >= 0.3 is 72.8 Å². The predicted molar refractivity (Wildman–Crippen MR) is 173 cm³/mol. The summed E-state index contributed by atoms with van der Waals surface area (Å²) in [6.45, 7) is -4.11. The van der Waals surface area contributed by atoms with E-state index in [0.717, 1.165) is 0 Å². The van der Waals surface area contributed by atoms with Crippen LogP contribution in [0.15, 0.2) is 30.3 Å². The first-order chi connectivity index (χ1) is 26.0. The highest BCUT2D eigenvalue weighted by atomic mass is 32.3. The van der Waals surface area contributed by atoms with Crippen LogP contribution in [-0.4, -0.2) is 159 Å². The molecule has 8 atom stereocenters. The molecular weight excluding hydrogens is 963 g/mol. The lowest BCUT2D eigenvalue weighted by Gasteiger charge is -2.39. The van der Waals surface area contributed by atoms with Crippen molar-refractivity contribution in [1.29, 1.82) is 0 Å². The van der Waals surface area contributed by atoms with Gasteiger partial charge in [-0.15, -0.1) is 0 Å². The van der Waals surface area contributed by atoms with Crippen LogP contribution < -0.4 is 5.32 Å². The fourth-order valence-electron chi connectivity index (χ4n) is 4.32. The second-order valence-electron chi connectivity index (χ2n) is 10.5. The van der Waals surface area contributed by atoms with Crippen LogP contribution in [0.3, 0.4) is 0 Å². The van der Waals surface area contributed by atoms with Gasteiger partial charge in [-0.25, -0.2) is 29.3 Å². The number of carbonyl (C=O) groups is 1. The second-order valence-corrected chi connectivity index (χ2v) is 17.8. The molecule has 1 heterocycles. The van der Waals surface area contributed by atoms with Gasteiger partial charge in [-0.2, -0.15) is 58.9 Å². The van der Waals surface area contributed by atoms with Crippen LogP contribution >= 0.6 is 0 Å². The van der Waals surface area contributed by atoms with Gasteiger partial charge in [-0.3, -0.25) is 36.7 Å². The summed E-state index contributed by atoms with van der Waals surface area (Å²) in [7, 11) is -42.1. The lowest BCUT2D eigenvalue weighted by Crippen LogP contribution is -2.60. The standard InChI is InChI=1S/C19H28NO31S7/c21-19(20-7-12-15(48-55(31,32)33)11(46-53(25,26)27)6-14(45-12)43-8-10-4-2-1-3-5-10)18(51-58(40,41)42)17(50-57(37,38)39)16(49-56(34,35)36)13(47-54(28,29)30)9-44-52(22,23)24/h1-6,11-18H,7-9H2,(H,20,21)(H,22,23,24)(H,25,26,27)(H,28,29,30)(H,31,32,33)(H,34,35,36)(H,37,38,39)(H,40,41,42)/t11-,12-,13+,14+,15+,16-,17+,18+/m1/s1. The summed E-state index contributed by atoms with van der Waals surface area (Å²) in [5, 5.41) is 1.54. The molecule has 1 aromatic carbocycles. The zero-order chi connectivity index (χ0) is 44.7. The molecule has 0 bridgehead atoms. The maximum absolute atomic E-state index is 13.5. The third kappa shape index (κ3) is 21.3. The smallest absolute Gasteiger partial charge is 0.351 e. The van der Waals surface area contributed by atoms with Crippen LogP contribution in [0, 0.1) is 6.42 Å². The van der Waals surface area contributed by atoms with Crippen LogP contribution in [0.25, 0.3) is 0 Å². The summed E-state index contributed by atoms with van der Waals surface area (Å²) in [5.74, 6) is -2.35. The van der Waals surface area contributed by atoms with Gasteiger partial charge in [0.15, 0.2) is 12.4 Å². The number of amides is 1. The molecule has 32 nitrogen and oxygen atoms in total. The van der Waals surface area contributed by atoms with E-state index >= 15 is 0 Å². The Bertz CT molecular complexity index is 2350. The maximum atomic E-state index is 13.5. The first-order valence-electron chi connectivity index (χ1n) is 14.0. The topological polar surface area (TPSA) is 493 Å². The molecule has 0 aliphatic carbocycles. The summed E-state index contributed by atoms with van der Waals surface area (Å²) in [5.41, 5.74) is 0.392. The van der Waals surface area contributed by atoms with Crippen molar-refractivity contribution in [3.8, 4) is 0 Å². The average molecular weight is 991 g/mol. The Labute approximate surface area is 328 Å². The minimum Gasteiger partial charge on any atom is -0.351 e. The second kappa shape index (κ2) is 20.0. The van der Waals surface area contributed by atoms with Crippen molar-refractivity contribution >= 4 is 78.7 Å². The molecule has 1 aliphatic rings. The van der Waals surface area contributed by atoms with Gasteiger partial charge in [0, 0.05) is 6.54 Å². The first-order valence-corrected chi connectivity index (χ1v) is 23.5. The molecule has 58 heavy (non-hydrogen) atoms. The lowest BCUT2D eigenvalue weighted by atomic mass is 10.0. The number of nitrogens with one attached hydrogen (secondary N) is 1. The van der Waals surface area contributed by atoms with E-state index in [4.69, 9.17) is 18.6 Å². The van der Waals surface area contributed by atoms with Crippen molar-refractivity contribution in [3.05, 3.63) is 42.3 Å². The maximum Gasteiger partial charge on any atom is 0.398 e. The summed E-state index contributed by atoms with van der Waals surface area (Å²) in [6.07, 6.45) is -23.1. The van der Waals surface area contributed by atoms with E-state index in [1.807, 2.05) is 0 Å². The van der Waals surface area contributed by atoms with Gasteiger partial charge < -0.3 is 14.8 Å². The molecule has 1 radical (unpaired) electrons. The van der Waals surface area contributed by atoms with E-state index in [2.05, 4.69) is 29.3 Å². The molecule has 0 saturated carbocycles. The number of hydrogen-bond donors (Lipinski definition) is 8. The van der Waals surface area contributed by atoms with Crippen LogP contribution in [0.5, 0.6) is 0 Å². The molecular formula is C19H28NO31S7.